The van der Waals surface area contributed by atoms with Gasteiger partial charge in [0.1, 0.15) is 11.6 Å². The van der Waals surface area contributed by atoms with Crippen molar-refractivity contribution < 1.29 is 13.9 Å². The molecule has 1 rings (SSSR count). The van der Waals surface area contributed by atoms with E-state index in [-0.39, 0.29) is 6.04 Å². The molecule has 1 aromatic carbocycles. The summed E-state index contributed by atoms with van der Waals surface area (Å²) in [5.41, 5.74) is 11.3. The Morgan fingerprint density at radius 1 is 1.44 bits per heavy atom. The first-order valence-electron chi connectivity index (χ1n) is 4.93. The molecule has 0 saturated carbocycles. The van der Waals surface area contributed by atoms with Crippen molar-refractivity contribution in [3.8, 4) is 5.75 Å². The fourth-order valence-electron chi connectivity index (χ4n) is 1.23. The molecular formula is C11H15FN2O2. The second-order valence-corrected chi connectivity index (χ2v) is 3.63. The monoisotopic (exact) mass is 226 g/mol. The molecule has 0 bridgehead atoms. The quantitative estimate of drug-likeness (QED) is 0.806. The second kappa shape index (κ2) is 4.94. The van der Waals surface area contributed by atoms with Gasteiger partial charge in [0.05, 0.1) is 0 Å². The summed E-state index contributed by atoms with van der Waals surface area (Å²) in [7, 11) is 0. The lowest BCUT2D eigenvalue weighted by Crippen LogP contribution is -2.31. The van der Waals surface area contributed by atoms with Crippen molar-refractivity contribution in [1.82, 2.24) is 0 Å². The van der Waals surface area contributed by atoms with Gasteiger partial charge in [0, 0.05) is 11.6 Å². The summed E-state index contributed by atoms with van der Waals surface area (Å²) in [6, 6.07) is 3.58. The first kappa shape index (κ1) is 12.4. The molecule has 0 aliphatic carbocycles. The van der Waals surface area contributed by atoms with Crippen LogP contribution in [0.4, 0.5) is 4.39 Å². The third-order valence-electron chi connectivity index (χ3n) is 2.17. The lowest BCUT2D eigenvalue weighted by molar-refractivity contribution is -0.124. The van der Waals surface area contributed by atoms with E-state index in [1.807, 2.05) is 0 Å². The average Bonchev–Trinajstić information content (AvgIpc) is 2.20. The topological polar surface area (TPSA) is 78.3 Å². The molecule has 4 nitrogen and oxygen atoms in total. The van der Waals surface area contributed by atoms with Crippen molar-refractivity contribution >= 4 is 5.91 Å². The van der Waals surface area contributed by atoms with Crippen molar-refractivity contribution in [2.24, 2.45) is 11.5 Å². The van der Waals surface area contributed by atoms with Gasteiger partial charge in [-0.2, -0.15) is 0 Å². The Kier molecular flexibility index (Phi) is 3.84. The van der Waals surface area contributed by atoms with Crippen molar-refractivity contribution in [3.63, 3.8) is 0 Å². The summed E-state index contributed by atoms with van der Waals surface area (Å²) in [5.74, 6) is -0.603. The zero-order chi connectivity index (χ0) is 12.3. The molecule has 0 spiro atoms. The average molecular weight is 226 g/mol. The number of amides is 1. The Balaban J connectivity index is 2.99. The summed E-state index contributed by atoms with van der Waals surface area (Å²) in [6.07, 6.45) is -0.775. The van der Waals surface area contributed by atoms with E-state index in [0.717, 1.165) is 0 Å². The molecule has 88 valence electrons. The van der Waals surface area contributed by atoms with Gasteiger partial charge >= 0.3 is 0 Å². The fraction of sp³-hybridized carbons (Fsp3) is 0.364. The number of primary amides is 1. The van der Waals surface area contributed by atoms with Crippen molar-refractivity contribution in [2.45, 2.75) is 26.0 Å². The molecule has 16 heavy (non-hydrogen) atoms. The maximum absolute atomic E-state index is 13.0. The second-order valence-electron chi connectivity index (χ2n) is 3.63. The van der Waals surface area contributed by atoms with Crippen LogP contribution >= 0.6 is 0 Å². The highest BCUT2D eigenvalue weighted by molar-refractivity contribution is 5.78. The van der Waals surface area contributed by atoms with E-state index in [4.69, 9.17) is 16.2 Å². The Hall–Kier alpha value is -1.62. The Morgan fingerprint density at radius 3 is 2.56 bits per heavy atom. The van der Waals surface area contributed by atoms with E-state index in [1.165, 1.54) is 25.1 Å². The SMILES string of the molecule is CC(Oc1ccc(F)cc1[C@@H](C)N)C(N)=O. The number of halogens is 1. The van der Waals surface area contributed by atoms with Gasteiger partial charge < -0.3 is 16.2 Å². The fourth-order valence-corrected chi connectivity index (χ4v) is 1.23. The minimum Gasteiger partial charge on any atom is -0.481 e. The minimum atomic E-state index is -0.775. The normalized spacial score (nSPS) is 14.2. The van der Waals surface area contributed by atoms with E-state index in [9.17, 15) is 9.18 Å². The Labute approximate surface area is 93.4 Å². The van der Waals surface area contributed by atoms with E-state index >= 15 is 0 Å². The molecule has 5 heteroatoms. The molecule has 0 heterocycles. The van der Waals surface area contributed by atoms with Crippen molar-refractivity contribution in [3.05, 3.63) is 29.6 Å². The number of benzene rings is 1. The van der Waals surface area contributed by atoms with Gasteiger partial charge in [-0.25, -0.2) is 4.39 Å². The number of ether oxygens (including phenoxy) is 1. The molecule has 0 saturated heterocycles. The van der Waals surface area contributed by atoms with Crippen LogP contribution in [0.2, 0.25) is 0 Å². The van der Waals surface area contributed by atoms with Crippen LogP contribution in [0.25, 0.3) is 0 Å². The lowest BCUT2D eigenvalue weighted by Gasteiger charge is -2.16. The van der Waals surface area contributed by atoms with Gasteiger partial charge in [-0.1, -0.05) is 0 Å². The third-order valence-corrected chi connectivity index (χ3v) is 2.17. The largest absolute Gasteiger partial charge is 0.481 e. The summed E-state index contributed by atoms with van der Waals surface area (Å²) in [4.78, 5) is 10.8. The number of carbonyl (C=O) groups excluding carboxylic acids is 1. The number of hydrogen-bond acceptors (Lipinski definition) is 3. The number of hydrogen-bond donors (Lipinski definition) is 2. The third kappa shape index (κ3) is 2.93. The highest BCUT2D eigenvalue weighted by atomic mass is 19.1. The Morgan fingerprint density at radius 2 is 2.06 bits per heavy atom. The smallest absolute Gasteiger partial charge is 0.258 e. The van der Waals surface area contributed by atoms with E-state index in [0.29, 0.717) is 11.3 Å². The maximum atomic E-state index is 13.0. The summed E-state index contributed by atoms with van der Waals surface area (Å²) in [6.45, 7) is 3.23. The van der Waals surface area contributed by atoms with Crippen LogP contribution in [-0.4, -0.2) is 12.0 Å². The molecule has 4 N–H and O–H groups in total. The zero-order valence-corrected chi connectivity index (χ0v) is 9.24. The molecular weight excluding hydrogens is 211 g/mol. The highest BCUT2D eigenvalue weighted by Gasteiger charge is 2.15. The van der Waals surface area contributed by atoms with Gasteiger partial charge in [0.25, 0.3) is 5.91 Å². The van der Waals surface area contributed by atoms with Crippen LogP contribution in [0.5, 0.6) is 5.75 Å². The molecule has 0 aromatic heterocycles. The molecule has 1 unspecified atom stereocenters. The highest BCUT2D eigenvalue weighted by Crippen LogP contribution is 2.25. The van der Waals surface area contributed by atoms with E-state index in [2.05, 4.69) is 0 Å². The summed E-state index contributed by atoms with van der Waals surface area (Å²) < 4.78 is 18.3. The van der Waals surface area contributed by atoms with Crippen LogP contribution in [0.1, 0.15) is 25.5 Å². The molecule has 0 aliphatic heterocycles. The van der Waals surface area contributed by atoms with Crippen molar-refractivity contribution in [2.75, 3.05) is 0 Å². The van der Waals surface area contributed by atoms with E-state index in [1.54, 1.807) is 6.92 Å². The van der Waals surface area contributed by atoms with Gasteiger partial charge in [0.2, 0.25) is 0 Å². The molecule has 0 radical (unpaired) electrons. The number of rotatable bonds is 4. The van der Waals surface area contributed by atoms with Crippen LogP contribution in [-0.2, 0) is 4.79 Å². The molecule has 0 fully saturated rings. The van der Waals surface area contributed by atoms with Gasteiger partial charge in [-0.05, 0) is 32.0 Å². The maximum Gasteiger partial charge on any atom is 0.258 e. The molecule has 1 amide bonds. The number of nitrogens with two attached hydrogens (primary N) is 2. The van der Waals surface area contributed by atoms with Crippen LogP contribution in [0.3, 0.4) is 0 Å². The van der Waals surface area contributed by atoms with Gasteiger partial charge in [0.15, 0.2) is 6.10 Å². The number of carbonyl (C=O) groups is 1. The first-order valence-corrected chi connectivity index (χ1v) is 4.93. The lowest BCUT2D eigenvalue weighted by atomic mass is 10.1. The molecule has 0 aliphatic rings. The predicted octanol–water partition coefficient (Wildman–Crippen LogP) is 1.10. The summed E-state index contributed by atoms with van der Waals surface area (Å²) in [5, 5.41) is 0. The first-order chi connectivity index (χ1) is 7.41. The van der Waals surface area contributed by atoms with Gasteiger partial charge in [-0.15, -0.1) is 0 Å². The minimum absolute atomic E-state index is 0.378. The summed E-state index contributed by atoms with van der Waals surface area (Å²) >= 11 is 0. The molecule has 1 aromatic rings. The molecule has 2 atom stereocenters. The Bertz CT molecular complexity index is 394. The van der Waals surface area contributed by atoms with Crippen LogP contribution < -0.4 is 16.2 Å². The zero-order valence-electron chi connectivity index (χ0n) is 9.24. The van der Waals surface area contributed by atoms with Gasteiger partial charge in [-0.3, -0.25) is 4.79 Å². The predicted molar refractivity (Wildman–Crippen MR) is 58.3 cm³/mol. The van der Waals surface area contributed by atoms with Crippen molar-refractivity contribution in [1.29, 1.82) is 0 Å². The standard InChI is InChI=1S/C11H15FN2O2/c1-6(13)9-5-8(12)3-4-10(9)16-7(2)11(14)15/h3-7H,13H2,1-2H3,(H2,14,15)/t6-,7?/m1/s1. The van der Waals surface area contributed by atoms with Crippen LogP contribution in [0, 0.1) is 5.82 Å². The van der Waals surface area contributed by atoms with Crippen LogP contribution in [0.15, 0.2) is 18.2 Å². The van der Waals surface area contributed by atoms with E-state index < -0.39 is 17.8 Å².